The number of benzene rings is 1. The maximum atomic E-state index is 13.2. The topological polar surface area (TPSA) is 80.9 Å². The van der Waals surface area contributed by atoms with Gasteiger partial charge < -0.3 is 11.1 Å². The predicted molar refractivity (Wildman–Crippen MR) is 71.4 cm³/mol. The second kappa shape index (κ2) is 4.92. The van der Waals surface area contributed by atoms with Gasteiger partial charge in [-0.25, -0.2) is 4.39 Å². The van der Waals surface area contributed by atoms with E-state index in [1.54, 1.807) is 6.07 Å². The van der Waals surface area contributed by atoms with E-state index in [0.29, 0.717) is 9.26 Å². The van der Waals surface area contributed by atoms with E-state index in [-0.39, 0.29) is 16.0 Å². The van der Waals surface area contributed by atoms with Crippen LogP contribution in [0, 0.1) is 9.39 Å². The first-order valence-electron chi connectivity index (χ1n) is 4.42. The Hall–Kier alpha value is -1.29. The van der Waals surface area contributed by atoms with E-state index in [2.05, 4.69) is 15.5 Å². The fraction of sp³-hybridized carbons (Fsp3) is 0. The van der Waals surface area contributed by atoms with Crippen LogP contribution in [0.4, 0.5) is 15.2 Å². The third-order valence-corrected chi connectivity index (χ3v) is 3.68. The number of nitrogens with two attached hydrogens (primary N) is 1. The van der Waals surface area contributed by atoms with E-state index >= 15 is 0 Å². The minimum absolute atomic E-state index is 0.141. The number of rotatable bonds is 2. The number of carbonyl (C=O) groups excluding carboxylic acids is 1. The Morgan fingerprint density at radius 3 is 2.88 bits per heavy atom. The molecule has 1 aromatic carbocycles. The number of hydrogen-bond donors (Lipinski definition) is 2. The molecule has 88 valence electrons. The quantitative estimate of drug-likeness (QED) is 0.800. The van der Waals surface area contributed by atoms with E-state index in [1.165, 1.54) is 12.1 Å². The lowest BCUT2D eigenvalue weighted by atomic mass is 10.3. The van der Waals surface area contributed by atoms with Crippen molar-refractivity contribution in [2.75, 3.05) is 11.1 Å². The largest absolute Gasteiger partial charge is 0.374 e. The molecule has 1 heterocycles. The molecule has 0 aliphatic heterocycles. The number of amides is 1. The van der Waals surface area contributed by atoms with Crippen molar-refractivity contribution in [1.29, 1.82) is 0 Å². The molecule has 0 saturated carbocycles. The summed E-state index contributed by atoms with van der Waals surface area (Å²) in [6.07, 6.45) is 0. The highest BCUT2D eigenvalue weighted by Gasteiger charge is 2.14. The summed E-state index contributed by atoms with van der Waals surface area (Å²) in [5, 5.41) is 10.0. The Labute approximate surface area is 113 Å². The highest BCUT2D eigenvalue weighted by Crippen LogP contribution is 2.22. The second-order valence-electron chi connectivity index (χ2n) is 3.00. The molecule has 0 fully saturated rings. The number of nitrogens with one attached hydrogen (secondary N) is 1. The molecule has 0 atom stereocenters. The van der Waals surface area contributed by atoms with Gasteiger partial charge in [0.05, 0.1) is 9.26 Å². The maximum Gasteiger partial charge on any atom is 0.286 e. The Morgan fingerprint density at radius 1 is 1.47 bits per heavy atom. The van der Waals surface area contributed by atoms with Gasteiger partial charge in [-0.05, 0) is 34.7 Å². The van der Waals surface area contributed by atoms with E-state index < -0.39 is 5.91 Å². The van der Waals surface area contributed by atoms with E-state index in [9.17, 15) is 9.18 Å². The molecule has 0 unspecified atom stereocenters. The summed E-state index contributed by atoms with van der Waals surface area (Å²) in [5.41, 5.74) is 5.76. The SMILES string of the molecule is Nc1nnc(C(=O)Nc2cccc(F)c2I)s1. The van der Waals surface area contributed by atoms with Gasteiger partial charge in [-0.15, -0.1) is 10.2 Å². The van der Waals surface area contributed by atoms with Gasteiger partial charge in [0.2, 0.25) is 10.1 Å². The standard InChI is InChI=1S/C9H6FIN4OS/c10-4-2-1-3-5(6(4)11)13-7(16)8-14-15-9(12)17-8/h1-3H,(H2,12,15)(H,13,16). The molecule has 0 spiro atoms. The fourth-order valence-corrected chi connectivity index (χ4v) is 2.10. The molecule has 2 rings (SSSR count). The predicted octanol–water partition coefficient (Wildman–Crippen LogP) is 2.12. The van der Waals surface area contributed by atoms with Gasteiger partial charge in [-0.3, -0.25) is 4.79 Å². The van der Waals surface area contributed by atoms with Crippen LogP contribution in [-0.2, 0) is 0 Å². The van der Waals surface area contributed by atoms with Crippen LogP contribution >= 0.6 is 33.9 Å². The van der Waals surface area contributed by atoms with Gasteiger partial charge in [0, 0.05) is 0 Å². The number of hydrogen-bond acceptors (Lipinski definition) is 5. The molecule has 1 amide bonds. The van der Waals surface area contributed by atoms with Gasteiger partial charge >= 0.3 is 0 Å². The Bertz CT molecular complexity index is 574. The van der Waals surface area contributed by atoms with Gasteiger partial charge in [0.25, 0.3) is 5.91 Å². The molecule has 5 nitrogen and oxygen atoms in total. The van der Waals surface area contributed by atoms with Gasteiger partial charge in [0.1, 0.15) is 5.82 Å². The zero-order chi connectivity index (χ0) is 12.4. The molecule has 0 bridgehead atoms. The first-order valence-corrected chi connectivity index (χ1v) is 6.32. The van der Waals surface area contributed by atoms with Crippen LogP contribution in [0.3, 0.4) is 0 Å². The van der Waals surface area contributed by atoms with Crippen molar-refractivity contribution < 1.29 is 9.18 Å². The molecule has 0 radical (unpaired) electrons. The first-order chi connectivity index (χ1) is 8.08. The lowest BCUT2D eigenvalue weighted by Crippen LogP contribution is -2.13. The average molecular weight is 364 g/mol. The summed E-state index contributed by atoms with van der Waals surface area (Å²) < 4.78 is 13.6. The van der Waals surface area contributed by atoms with Crippen LogP contribution in [0.2, 0.25) is 0 Å². The zero-order valence-corrected chi connectivity index (χ0v) is 11.3. The lowest BCUT2D eigenvalue weighted by molar-refractivity contribution is 0.102. The third kappa shape index (κ3) is 2.69. The molecule has 0 aliphatic carbocycles. The number of aromatic nitrogens is 2. The summed E-state index contributed by atoms with van der Waals surface area (Å²) in [5.74, 6) is -0.845. The zero-order valence-electron chi connectivity index (χ0n) is 8.28. The van der Waals surface area contributed by atoms with Crippen LogP contribution in [0.5, 0.6) is 0 Å². The highest BCUT2D eigenvalue weighted by atomic mass is 127. The van der Waals surface area contributed by atoms with Crippen molar-refractivity contribution in [3.05, 3.63) is 32.6 Å². The molecule has 8 heteroatoms. The van der Waals surface area contributed by atoms with Crippen molar-refractivity contribution in [3.63, 3.8) is 0 Å². The van der Waals surface area contributed by atoms with Crippen molar-refractivity contribution >= 4 is 50.7 Å². The lowest BCUT2D eigenvalue weighted by Gasteiger charge is -2.05. The summed E-state index contributed by atoms with van der Waals surface area (Å²) in [7, 11) is 0. The minimum Gasteiger partial charge on any atom is -0.374 e. The summed E-state index contributed by atoms with van der Waals surface area (Å²) in [6.45, 7) is 0. The number of nitrogens with zero attached hydrogens (tertiary/aromatic N) is 2. The van der Waals surface area contributed by atoms with Crippen LogP contribution in [0.1, 0.15) is 9.80 Å². The number of carbonyl (C=O) groups is 1. The number of anilines is 2. The first kappa shape index (κ1) is 12.2. The Kier molecular flexibility index (Phi) is 3.52. The molecule has 3 N–H and O–H groups in total. The van der Waals surface area contributed by atoms with Gasteiger partial charge in [-0.2, -0.15) is 0 Å². The molecular formula is C9H6FIN4OS. The summed E-state index contributed by atoms with van der Waals surface area (Å²) in [4.78, 5) is 11.7. The van der Waals surface area contributed by atoms with E-state index in [1.807, 2.05) is 22.6 Å². The molecule has 2 aromatic rings. The number of halogens is 2. The van der Waals surface area contributed by atoms with Crippen molar-refractivity contribution in [1.82, 2.24) is 10.2 Å². The molecule has 1 aromatic heterocycles. The second-order valence-corrected chi connectivity index (χ2v) is 5.09. The maximum absolute atomic E-state index is 13.2. The normalized spacial score (nSPS) is 10.2. The number of nitrogen functional groups attached to an aromatic ring is 1. The van der Waals surface area contributed by atoms with Gasteiger partial charge in [0.15, 0.2) is 0 Å². The smallest absolute Gasteiger partial charge is 0.286 e. The van der Waals surface area contributed by atoms with E-state index in [0.717, 1.165) is 11.3 Å². The third-order valence-electron chi connectivity index (χ3n) is 1.83. The monoisotopic (exact) mass is 364 g/mol. The van der Waals surface area contributed by atoms with E-state index in [4.69, 9.17) is 5.73 Å². The van der Waals surface area contributed by atoms with Crippen molar-refractivity contribution in [3.8, 4) is 0 Å². The molecular weight excluding hydrogens is 358 g/mol. The fourth-order valence-electron chi connectivity index (χ4n) is 1.10. The summed E-state index contributed by atoms with van der Waals surface area (Å²) in [6, 6.07) is 4.44. The van der Waals surface area contributed by atoms with Crippen molar-refractivity contribution in [2.24, 2.45) is 0 Å². The van der Waals surface area contributed by atoms with Crippen LogP contribution in [0.15, 0.2) is 18.2 Å². The minimum atomic E-state index is -0.456. The summed E-state index contributed by atoms with van der Waals surface area (Å²) >= 11 is 2.79. The van der Waals surface area contributed by atoms with Crippen molar-refractivity contribution in [2.45, 2.75) is 0 Å². The molecule has 17 heavy (non-hydrogen) atoms. The average Bonchev–Trinajstić information content (AvgIpc) is 2.72. The van der Waals surface area contributed by atoms with Crippen LogP contribution in [-0.4, -0.2) is 16.1 Å². The molecule has 0 aliphatic rings. The van der Waals surface area contributed by atoms with Crippen LogP contribution in [0.25, 0.3) is 0 Å². The van der Waals surface area contributed by atoms with Crippen LogP contribution < -0.4 is 11.1 Å². The Balaban J connectivity index is 2.21. The Morgan fingerprint density at radius 2 is 2.24 bits per heavy atom. The van der Waals surface area contributed by atoms with Gasteiger partial charge in [-0.1, -0.05) is 17.4 Å². The molecule has 0 saturated heterocycles. The highest BCUT2D eigenvalue weighted by molar-refractivity contribution is 14.1.